The number of H-pyrrole nitrogens is 1. The van der Waals surface area contributed by atoms with Crippen LogP contribution in [0, 0.1) is 6.92 Å². The van der Waals surface area contributed by atoms with Gasteiger partial charge in [-0.15, -0.1) is 0 Å². The van der Waals surface area contributed by atoms with Gasteiger partial charge in [0.25, 0.3) is 5.56 Å². The van der Waals surface area contributed by atoms with Gasteiger partial charge in [-0.3, -0.25) is 14.3 Å². The van der Waals surface area contributed by atoms with Gasteiger partial charge >= 0.3 is 5.69 Å². The maximum atomic E-state index is 11.8. The molecule has 1 aliphatic heterocycles. The van der Waals surface area contributed by atoms with Crippen LogP contribution in [-0.2, 0) is 17.7 Å². The number of ether oxygens (including phenoxy) is 1. The molecular formula is C15H16N2O3. The van der Waals surface area contributed by atoms with Crippen molar-refractivity contribution in [3.63, 3.8) is 0 Å². The third-order valence-electron chi connectivity index (χ3n) is 3.64. The van der Waals surface area contributed by atoms with Crippen LogP contribution < -0.4 is 11.2 Å². The first-order valence-electron chi connectivity index (χ1n) is 6.65. The third-order valence-corrected chi connectivity index (χ3v) is 3.64. The number of hydrogen-bond acceptors (Lipinski definition) is 3. The van der Waals surface area contributed by atoms with Crippen LogP contribution in [0.15, 0.2) is 40.1 Å². The first-order chi connectivity index (χ1) is 9.65. The monoisotopic (exact) mass is 272 g/mol. The van der Waals surface area contributed by atoms with Crippen LogP contribution in [0.1, 0.15) is 22.8 Å². The molecule has 104 valence electrons. The summed E-state index contributed by atoms with van der Waals surface area (Å²) in [7, 11) is 0. The molecule has 2 heterocycles. The molecular weight excluding hydrogens is 256 g/mol. The summed E-state index contributed by atoms with van der Waals surface area (Å²) < 4.78 is 7.29. The van der Waals surface area contributed by atoms with Crippen LogP contribution in [-0.4, -0.2) is 16.2 Å². The SMILES string of the molecule is Cc1cn(CC2OCCc3ccccc32)c(=O)[nH]c1=O. The van der Waals surface area contributed by atoms with Crippen LogP contribution in [0.4, 0.5) is 0 Å². The minimum Gasteiger partial charge on any atom is -0.371 e. The van der Waals surface area contributed by atoms with Crippen molar-refractivity contribution in [2.24, 2.45) is 0 Å². The van der Waals surface area contributed by atoms with Gasteiger partial charge in [-0.2, -0.15) is 0 Å². The molecule has 2 aromatic rings. The van der Waals surface area contributed by atoms with Crippen LogP contribution in [0.5, 0.6) is 0 Å². The van der Waals surface area contributed by atoms with Crippen LogP contribution in [0.2, 0.25) is 0 Å². The molecule has 3 rings (SSSR count). The highest BCUT2D eigenvalue weighted by Crippen LogP contribution is 2.27. The summed E-state index contributed by atoms with van der Waals surface area (Å²) in [6.45, 7) is 2.75. The van der Waals surface area contributed by atoms with Crippen molar-refractivity contribution in [2.45, 2.75) is 26.0 Å². The van der Waals surface area contributed by atoms with Crippen molar-refractivity contribution in [1.29, 1.82) is 0 Å². The van der Waals surface area contributed by atoms with Crippen molar-refractivity contribution in [3.05, 3.63) is 68.0 Å². The van der Waals surface area contributed by atoms with E-state index in [-0.39, 0.29) is 11.7 Å². The normalized spacial score (nSPS) is 17.8. The zero-order valence-corrected chi connectivity index (χ0v) is 11.3. The van der Waals surface area contributed by atoms with Crippen molar-refractivity contribution < 1.29 is 4.74 Å². The molecule has 1 aromatic carbocycles. The first kappa shape index (κ1) is 12.9. The Balaban J connectivity index is 1.95. The summed E-state index contributed by atoms with van der Waals surface area (Å²) in [6.07, 6.45) is 2.33. The standard InChI is InChI=1S/C15H16N2O3/c1-10-8-17(15(19)16-14(10)18)9-13-12-5-3-2-4-11(12)6-7-20-13/h2-5,8,13H,6-7,9H2,1H3,(H,16,18,19). The van der Waals surface area contributed by atoms with Gasteiger partial charge in [-0.25, -0.2) is 4.79 Å². The van der Waals surface area contributed by atoms with Crippen LogP contribution in [0.3, 0.4) is 0 Å². The van der Waals surface area contributed by atoms with E-state index in [1.165, 1.54) is 10.1 Å². The molecule has 1 atom stereocenters. The lowest BCUT2D eigenvalue weighted by Crippen LogP contribution is -2.33. The predicted octanol–water partition coefficient (Wildman–Crippen LogP) is 1.16. The van der Waals surface area contributed by atoms with Gasteiger partial charge in [0, 0.05) is 11.8 Å². The molecule has 0 bridgehead atoms. The number of hydrogen-bond donors (Lipinski definition) is 1. The largest absolute Gasteiger partial charge is 0.371 e. The molecule has 1 aromatic heterocycles. The number of aromatic amines is 1. The van der Waals surface area contributed by atoms with Gasteiger partial charge in [-0.1, -0.05) is 24.3 Å². The van der Waals surface area contributed by atoms with Gasteiger partial charge in [0.05, 0.1) is 13.2 Å². The Hall–Kier alpha value is -2.14. The molecule has 20 heavy (non-hydrogen) atoms. The Morgan fingerprint density at radius 2 is 2.15 bits per heavy atom. The topological polar surface area (TPSA) is 64.1 Å². The van der Waals surface area contributed by atoms with E-state index in [9.17, 15) is 9.59 Å². The fourth-order valence-corrected chi connectivity index (χ4v) is 2.56. The molecule has 0 spiro atoms. The lowest BCUT2D eigenvalue weighted by atomic mass is 9.97. The molecule has 1 N–H and O–H groups in total. The number of nitrogens with one attached hydrogen (secondary N) is 1. The van der Waals surface area contributed by atoms with Crippen molar-refractivity contribution >= 4 is 0 Å². The summed E-state index contributed by atoms with van der Waals surface area (Å²) in [5, 5.41) is 0. The van der Waals surface area contributed by atoms with Gasteiger partial charge in [0.15, 0.2) is 0 Å². The van der Waals surface area contributed by atoms with E-state index >= 15 is 0 Å². The summed E-state index contributed by atoms with van der Waals surface area (Å²) in [5.74, 6) is 0. The van der Waals surface area contributed by atoms with Crippen LogP contribution in [0.25, 0.3) is 0 Å². The average Bonchev–Trinajstić information content (AvgIpc) is 2.45. The maximum Gasteiger partial charge on any atom is 0.328 e. The first-order valence-corrected chi connectivity index (χ1v) is 6.65. The molecule has 0 amide bonds. The minimum atomic E-state index is -0.396. The van der Waals surface area contributed by atoms with Crippen molar-refractivity contribution in [3.8, 4) is 0 Å². The second-order valence-electron chi connectivity index (χ2n) is 5.03. The predicted molar refractivity (Wildman–Crippen MR) is 74.9 cm³/mol. The molecule has 5 heteroatoms. The smallest absolute Gasteiger partial charge is 0.328 e. The van der Waals surface area contributed by atoms with E-state index in [4.69, 9.17) is 4.74 Å². The Morgan fingerprint density at radius 3 is 3.00 bits per heavy atom. The number of rotatable bonds is 2. The highest BCUT2D eigenvalue weighted by molar-refractivity contribution is 5.30. The number of aromatic nitrogens is 2. The fraction of sp³-hybridized carbons (Fsp3) is 0.333. The number of fused-ring (bicyclic) bond motifs is 1. The van der Waals surface area contributed by atoms with E-state index in [1.54, 1.807) is 13.1 Å². The second-order valence-corrected chi connectivity index (χ2v) is 5.03. The molecule has 0 fully saturated rings. The minimum absolute atomic E-state index is 0.150. The zero-order valence-electron chi connectivity index (χ0n) is 11.3. The molecule has 0 saturated heterocycles. The lowest BCUT2D eigenvalue weighted by molar-refractivity contribution is 0.0296. The average molecular weight is 272 g/mol. The van der Waals surface area contributed by atoms with Gasteiger partial charge in [0.2, 0.25) is 0 Å². The van der Waals surface area contributed by atoms with E-state index in [0.717, 1.165) is 12.0 Å². The Labute approximate surface area is 115 Å². The number of nitrogens with zero attached hydrogens (tertiary/aromatic N) is 1. The molecule has 0 saturated carbocycles. The molecule has 1 unspecified atom stereocenters. The van der Waals surface area contributed by atoms with Crippen molar-refractivity contribution in [1.82, 2.24) is 9.55 Å². The summed E-state index contributed by atoms with van der Waals surface area (Å²) in [5.41, 5.74) is 2.17. The third kappa shape index (κ3) is 2.32. The quantitative estimate of drug-likeness (QED) is 0.892. The summed E-state index contributed by atoms with van der Waals surface area (Å²) in [4.78, 5) is 25.5. The number of aryl methyl sites for hydroxylation is 1. The van der Waals surface area contributed by atoms with E-state index < -0.39 is 5.69 Å². The summed E-state index contributed by atoms with van der Waals surface area (Å²) >= 11 is 0. The highest BCUT2D eigenvalue weighted by atomic mass is 16.5. The Bertz CT molecular complexity index is 745. The Morgan fingerprint density at radius 1 is 1.35 bits per heavy atom. The molecule has 5 nitrogen and oxygen atoms in total. The van der Waals surface area contributed by atoms with Gasteiger partial charge in [-0.05, 0) is 24.5 Å². The molecule has 0 radical (unpaired) electrons. The fourth-order valence-electron chi connectivity index (χ4n) is 2.56. The van der Waals surface area contributed by atoms with Crippen LogP contribution >= 0.6 is 0 Å². The number of benzene rings is 1. The molecule has 1 aliphatic rings. The van der Waals surface area contributed by atoms with Gasteiger partial charge < -0.3 is 4.74 Å². The lowest BCUT2D eigenvalue weighted by Gasteiger charge is -2.26. The highest BCUT2D eigenvalue weighted by Gasteiger charge is 2.21. The van der Waals surface area contributed by atoms with Gasteiger partial charge in [0.1, 0.15) is 6.10 Å². The second kappa shape index (κ2) is 5.09. The summed E-state index contributed by atoms with van der Waals surface area (Å²) in [6, 6.07) is 8.10. The Kier molecular flexibility index (Phi) is 3.28. The van der Waals surface area contributed by atoms with E-state index in [0.29, 0.717) is 18.7 Å². The van der Waals surface area contributed by atoms with E-state index in [1.807, 2.05) is 18.2 Å². The maximum absolute atomic E-state index is 11.8. The van der Waals surface area contributed by atoms with E-state index in [2.05, 4.69) is 11.1 Å². The molecule has 0 aliphatic carbocycles. The van der Waals surface area contributed by atoms with Crippen molar-refractivity contribution in [2.75, 3.05) is 6.61 Å². The zero-order chi connectivity index (χ0) is 14.1.